The predicted molar refractivity (Wildman–Crippen MR) is 74.5 cm³/mol. The number of aliphatic hydroxyl groups is 1. The van der Waals surface area contributed by atoms with E-state index < -0.39 is 28.7 Å². The number of hydrogen-bond donors (Lipinski definition) is 1. The van der Waals surface area contributed by atoms with Crippen molar-refractivity contribution in [1.29, 1.82) is 0 Å². The normalized spacial score (nSPS) is 15.4. The van der Waals surface area contributed by atoms with Gasteiger partial charge in [0.25, 0.3) is 0 Å². The second-order valence-corrected chi connectivity index (χ2v) is 5.98. The zero-order chi connectivity index (χ0) is 16.5. The number of carbonyl (C=O) groups excluding carboxylic acids is 1. The summed E-state index contributed by atoms with van der Waals surface area (Å²) in [5.41, 5.74) is -5.97. The van der Waals surface area contributed by atoms with Crippen LogP contribution in [-0.2, 0) is 15.1 Å². The number of hydrogen-bond acceptors (Lipinski definition) is 3. The maximum atomic E-state index is 13.5. The first-order valence-corrected chi connectivity index (χ1v) is 7.00. The van der Waals surface area contributed by atoms with Gasteiger partial charge in [0.2, 0.25) is 5.60 Å². The topological polar surface area (TPSA) is 46.5 Å². The Bertz CT molecular complexity index is 511. The van der Waals surface area contributed by atoms with Crippen LogP contribution in [0.1, 0.15) is 26.3 Å². The number of carbonyl (C=O) groups is 1. The van der Waals surface area contributed by atoms with Gasteiger partial charge in [0, 0.05) is 4.47 Å². The summed E-state index contributed by atoms with van der Waals surface area (Å²) in [5, 5.41) is 10.4. The van der Waals surface area contributed by atoms with Crippen molar-refractivity contribution in [3.05, 3.63) is 34.3 Å². The molecule has 0 aliphatic rings. The average Bonchev–Trinajstić information content (AvgIpc) is 2.37. The molecular weight excluding hydrogens is 353 g/mol. The maximum absolute atomic E-state index is 13.5. The van der Waals surface area contributed by atoms with Crippen LogP contribution in [0.15, 0.2) is 28.7 Å². The molecule has 0 amide bonds. The zero-order valence-corrected chi connectivity index (χ0v) is 13.4. The van der Waals surface area contributed by atoms with Crippen molar-refractivity contribution in [3.8, 4) is 0 Å². The Kier molecular flexibility index (Phi) is 5.10. The van der Waals surface area contributed by atoms with Crippen LogP contribution in [-0.4, -0.2) is 23.9 Å². The summed E-state index contributed by atoms with van der Waals surface area (Å²) in [7, 11) is 0. The molecule has 0 radical (unpaired) electrons. The van der Waals surface area contributed by atoms with E-state index in [-0.39, 0.29) is 6.61 Å². The van der Waals surface area contributed by atoms with Gasteiger partial charge in [-0.25, -0.2) is 0 Å². The third-order valence-corrected chi connectivity index (χ3v) is 3.89. The number of rotatable bonds is 4. The molecular formula is C14H16BrF3O3. The lowest BCUT2D eigenvalue weighted by molar-refractivity contribution is -0.303. The van der Waals surface area contributed by atoms with Gasteiger partial charge in [0.05, 0.1) is 6.61 Å². The van der Waals surface area contributed by atoms with E-state index in [2.05, 4.69) is 20.7 Å². The molecule has 7 heteroatoms. The van der Waals surface area contributed by atoms with Crippen LogP contribution in [0.2, 0.25) is 0 Å². The van der Waals surface area contributed by atoms with Crippen LogP contribution in [0.4, 0.5) is 13.2 Å². The molecule has 0 saturated heterocycles. The summed E-state index contributed by atoms with van der Waals surface area (Å²) >= 11 is 3.11. The van der Waals surface area contributed by atoms with Crippen molar-refractivity contribution in [3.63, 3.8) is 0 Å². The molecule has 3 nitrogen and oxygen atoms in total. The molecule has 1 atom stereocenters. The van der Waals surface area contributed by atoms with Crippen LogP contribution < -0.4 is 0 Å². The summed E-state index contributed by atoms with van der Waals surface area (Å²) in [6.45, 7) is 3.44. The fraction of sp³-hybridized carbons (Fsp3) is 0.500. The minimum absolute atomic E-state index is 0.0729. The smallest absolute Gasteiger partial charge is 0.422 e. The molecule has 0 aliphatic carbocycles. The third-order valence-electron chi connectivity index (χ3n) is 3.36. The predicted octanol–water partition coefficient (Wildman–Crippen LogP) is 3.79. The lowest BCUT2D eigenvalue weighted by Crippen LogP contribution is -2.57. The van der Waals surface area contributed by atoms with Crippen molar-refractivity contribution in [2.75, 3.05) is 6.61 Å². The molecule has 0 heterocycles. The molecule has 0 aliphatic heterocycles. The first kappa shape index (κ1) is 18.0. The summed E-state index contributed by atoms with van der Waals surface area (Å²) < 4.78 is 45.8. The lowest BCUT2D eigenvalue weighted by atomic mass is 9.70. The Morgan fingerprint density at radius 1 is 1.24 bits per heavy atom. The van der Waals surface area contributed by atoms with E-state index in [0.717, 1.165) is 26.0 Å². The molecule has 21 heavy (non-hydrogen) atoms. The third kappa shape index (κ3) is 3.08. The van der Waals surface area contributed by atoms with Gasteiger partial charge in [-0.1, -0.05) is 28.1 Å². The van der Waals surface area contributed by atoms with E-state index in [0.29, 0.717) is 4.47 Å². The summed E-state index contributed by atoms with van der Waals surface area (Å²) in [4.78, 5) is 11.9. The Morgan fingerprint density at radius 3 is 2.10 bits per heavy atom. The SMILES string of the molecule is CCOC(=O)C(C)(C)[C@](O)(c1ccc(Br)cc1)C(F)(F)F. The van der Waals surface area contributed by atoms with Crippen LogP contribution in [0.5, 0.6) is 0 Å². The van der Waals surface area contributed by atoms with Gasteiger partial charge in [-0.05, 0) is 38.5 Å². The molecule has 0 fully saturated rings. The van der Waals surface area contributed by atoms with E-state index in [9.17, 15) is 23.1 Å². The number of esters is 1. The lowest BCUT2D eigenvalue weighted by Gasteiger charge is -2.42. The highest BCUT2D eigenvalue weighted by Gasteiger charge is 2.66. The Balaban J connectivity index is 3.48. The minimum atomic E-state index is -5.04. The van der Waals surface area contributed by atoms with Gasteiger partial charge in [0.15, 0.2) is 0 Å². The van der Waals surface area contributed by atoms with Crippen molar-refractivity contribution in [2.45, 2.75) is 32.5 Å². The monoisotopic (exact) mass is 368 g/mol. The average molecular weight is 369 g/mol. The Hall–Kier alpha value is -1.08. The van der Waals surface area contributed by atoms with E-state index in [1.54, 1.807) is 0 Å². The van der Waals surface area contributed by atoms with E-state index in [1.807, 2.05) is 0 Å². The quantitative estimate of drug-likeness (QED) is 0.822. The Morgan fingerprint density at radius 2 is 1.71 bits per heavy atom. The number of benzene rings is 1. The maximum Gasteiger partial charge on any atom is 0.422 e. The van der Waals surface area contributed by atoms with E-state index in [4.69, 9.17) is 0 Å². The van der Waals surface area contributed by atoms with E-state index in [1.165, 1.54) is 19.1 Å². The first-order valence-electron chi connectivity index (χ1n) is 6.20. The van der Waals surface area contributed by atoms with Crippen LogP contribution in [0.3, 0.4) is 0 Å². The van der Waals surface area contributed by atoms with Gasteiger partial charge >= 0.3 is 12.1 Å². The van der Waals surface area contributed by atoms with Crippen LogP contribution in [0.25, 0.3) is 0 Å². The van der Waals surface area contributed by atoms with Crippen molar-refractivity contribution in [1.82, 2.24) is 0 Å². The van der Waals surface area contributed by atoms with Gasteiger partial charge in [-0.15, -0.1) is 0 Å². The molecule has 1 rings (SSSR count). The van der Waals surface area contributed by atoms with Crippen molar-refractivity contribution in [2.24, 2.45) is 5.41 Å². The zero-order valence-electron chi connectivity index (χ0n) is 11.8. The first-order chi connectivity index (χ1) is 9.48. The molecule has 1 N–H and O–H groups in total. The van der Waals surface area contributed by atoms with Crippen LogP contribution >= 0.6 is 15.9 Å². The molecule has 1 aromatic rings. The van der Waals surface area contributed by atoms with Gasteiger partial charge in [0.1, 0.15) is 5.41 Å². The number of halogens is 4. The highest BCUT2D eigenvalue weighted by molar-refractivity contribution is 9.10. The van der Waals surface area contributed by atoms with Gasteiger partial charge < -0.3 is 9.84 Å². The van der Waals surface area contributed by atoms with Gasteiger partial charge in [-0.2, -0.15) is 13.2 Å². The van der Waals surface area contributed by atoms with E-state index >= 15 is 0 Å². The second kappa shape index (κ2) is 5.96. The number of alkyl halides is 3. The number of ether oxygens (including phenoxy) is 1. The fourth-order valence-electron chi connectivity index (χ4n) is 2.03. The fourth-order valence-corrected chi connectivity index (χ4v) is 2.29. The minimum Gasteiger partial charge on any atom is -0.465 e. The van der Waals surface area contributed by atoms with Gasteiger partial charge in [-0.3, -0.25) is 4.79 Å². The van der Waals surface area contributed by atoms with Crippen LogP contribution in [0, 0.1) is 5.41 Å². The standard InChI is InChI=1S/C14H16BrF3O3/c1-4-21-11(19)12(2,3)13(20,14(16,17)18)9-5-7-10(15)8-6-9/h5-8,20H,4H2,1-3H3/t13-/m1/s1. The molecule has 0 unspecified atom stereocenters. The largest absolute Gasteiger partial charge is 0.465 e. The van der Waals surface area contributed by atoms with Crippen molar-refractivity contribution < 1.29 is 27.8 Å². The molecule has 0 spiro atoms. The highest BCUT2D eigenvalue weighted by atomic mass is 79.9. The molecule has 0 aromatic heterocycles. The Labute approximate surface area is 129 Å². The van der Waals surface area contributed by atoms with Crippen molar-refractivity contribution >= 4 is 21.9 Å². The molecule has 1 aromatic carbocycles. The highest BCUT2D eigenvalue weighted by Crippen LogP contribution is 2.51. The summed E-state index contributed by atoms with van der Waals surface area (Å²) in [6, 6.07) is 4.98. The second-order valence-electron chi connectivity index (χ2n) is 5.06. The summed E-state index contributed by atoms with van der Waals surface area (Å²) in [6.07, 6.45) is -5.04. The summed E-state index contributed by atoms with van der Waals surface area (Å²) in [5.74, 6) is -1.12. The molecule has 118 valence electrons. The molecule has 0 bridgehead atoms. The molecule has 0 saturated carbocycles.